The maximum atomic E-state index is 13.2. The molecule has 0 spiro atoms. The van der Waals surface area contributed by atoms with Gasteiger partial charge in [-0.05, 0) is 37.9 Å². The zero-order valence-electron chi connectivity index (χ0n) is 8.63. The van der Waals surface area contributed by atoms with E-state index in [0.29, 0.717) is 6.42 Å². The van der Waals surface area contributed by atoms with Crippen molar-refractivity contribution in [2.45, 2.75) is 12.8 Å². The van der Waals surface area contributed by atoms with E-state index in [-0.39, 0.29) is 11.5 Å². The molecule has 0 aromatic heterocycles. The molecule has 1 aliphatic rings. The molecule has 0 saturated carbocycles. The van der Waals surface area contributed by atoms with Gasteiger partial charge in [0.2, 0.25) is 5.82 Å². The fourth-order valence-electron chi connectivity index (χ4n) is 2.00. The predicted molar refractivity (Wildman–Crippen MR) is 54.4 cm³/mol. The highest BCUT2D eigenvalue weighted by atomic mass is 19.1. The summed E-state index contributed by atoms with van der Waals surface area (Å²) < 4.78 is 26.2. The number of phenols is 2. The predicted octanol–water partition coefficient (Wildman–Crippen LogP) is 1.53. The Kier molecular flexibility index (Phi) is 2.96. The van der Waals surface area contributed by atoms with Crippen LogP contribution >= 0.6 is 0 Å². The quantitative estimate of drug-likeness (QED) is 0.720. The number of nitrogens with one attached hydrogen (secondary N) is 1. The van der Waals surface area contributed by atoms with Gasteiger partial charge in [-0.1, -0.05) is 0 Å². The smallest absolute Gasteiger partial charge is 0.209 e. The molecule has 1 saturated heterocycles. The van der Waals surface area contributed by atoms with E-state index in [1.54, 1.807) is 0 Å². The minimum Gasteiger partial charge on any atom is -0.505 e. The first-order chi connectivity index (χ1) is 7.59. The molecule has 16 heavy (non-hydrogen) atoms. The Bertz CT molecular complexity index is 403. The van der Waals surface area contributed by atoms with E-state index >= 15 is 0 Å². The first-order valence-corrected chi connectivity index (χ1v) is 5.19. The lowest BCUT2D eigenvalue weighted by molar-refractivity contribution is 0.361. The Labute approximate surface area is 91.7 Å². The van der Waals surface area contributed by atoms with Crippen LogP contribution in [0.15, 0.2) is 6.07 Å². The molecule has 1 aliphatic heterocycles. The van der Waals surface area contributed by atoms with Crippen LogP contribution in [0.25, 0.3) is 0 Å². The van der Waals surface area contributed by atoms with Gasteiger partial charge >= 0.3 is 0 Å². The molecule has 2 rings (SSSR count). The molecular weight excluding hydrogens is 216 g/mol. The summed E-state index contributed by atoms with van der Waals surface area (Å²) in [6, 6.07) is 0.992. The van der Waals surface area contributed by atoms with E-state index in [4.69, 9.17) is 5.11 Å². The van der Waals surface area contributed by atoms with Crippen LogP contribution in [0.1, 0.15) is 12.0 Å². The molecule has 0 bridgehead atoms. The van der Waals surface area contributed by atoms with E-state index in [1.807, 2.05) is 0 Å². The molecule has 5 heteroatoms. The molecule has 0 aliphatic carbocycles. The summed E-state index contributed by atoms with van der Waals surface area (Å²) >= 11 is 0. The summed E-state index contributed by atoms with van der Waals surface area (Å²) in [5.41, 5.74) is 0.210. The van der Waals surface area contributed by atoms with Gasteiger partial charge in [0.15, 0.2) is 17.3 Å². The number of aromatic hydroxyl groups is 2. The molecule has 1 aromatic carbocycles. The lowest BCUT2D eigenvalue weighted by atomic mass is 9.97. The summed E-state index contributed by atoms with van der Waals surface area (Å²) in [7, 11) is 0. The van der Waals surface area contributed by atoms with Gasteiger partial charge in [-0.15, -0.1) is 0 Å². The van der Waals surface area contributed by atoms with Crippen LogP contribution in [0.4, 0.5) is 8.78 Å². The third-order valence-electron chi connectivity index (χ3n) is 2.92. The molecule has 88 valence electrons. The maximum absolute atomic E-state index is 13.2. The molecule has 1 heterocycles. The molecule has 1 atom stereocenters. The molecule has 1 aromatic rings. The van der Waals surface area contributed by atoms with Gasteiger partial charge in [0.05, 0.1) is 0 Å². The van der Waals surface area contributed by atoms with Crippen molar-refractivity contribution in [2.75, 3.05) is 13.1 Å². The van der Waals surface area contributed by atoms with E-state index < -0.39 is 23.1 Å². The lowest BCUT2D eigenvalue weighted by Gasteiger charge is -2.11. The monoisotopic (exact) mass is 229 g/mol. The third-order valence-corrected chi connectivity index (χ3v) is 2.92. The van der Waals surface area contributed by atoms with Crippen LogP contribution in [-0.4, -0.2) is 23.3 Å². The average Bonchev–Trinajstić information content (AvgIpc) is 2.76. The van der Waals surface area contributed by atoms with Crippen molar-refractivity contribution in [3.63, 3.8) is 0 Å². The fraction of sp³-hybridized carbons (Fsp3) is 0.455. The van der Waals surface area contributed by atoms with Gasteiger partial charge in [-0.2, -0.15) is 4.39 Å². The van der Waals surface area contributed by atoms with Gasteiger partial charge in [0.1, 0.15) is 0 Å². The van der Waals surface area contributed by atoms with Crippen LogP contribution < -0.4 is 5.32 Å². The lowest BCUT2D eigenvalue weighted by Crippen LogP contribution is -2.11. The summed E-state index contributed by atoms with van der Waals surface area (Å²) in [6.45, 7) is 1.66. The van der Waals surface area contributed by atoms with Crippen LogP contribution in [0.5, 0.6) is 11.5 Å². The van der Waals surface area contributed by atoms with Gasteiger partial charge in [0, 0.05) is 5.56 Å². The number of hydrogen-bond donors (Lipinski definition) is 3. The van der Waals surface area contributed by atoms with E-state index in [9.17, 15) is 13.9 Å². The van der Waals surface area contributed by atoms with Crippen molar-refractivity contribution in [1.82, 2.24) is 5.32 Å². The summed E-state index contributed by atoms with van der Waals surface area (Å²) in [5.74, 6) is -3.80. The Morgan fingerprint density at radius 3 is 2.69 bits per heavy atom. The van der Waals surface area contributed by atoms with Crippen molar-refractivity contribution in [2.24, 2.45) is 5.92 Å². The van der Waals surface area contributed by atoms with Crippen LogP contribution in [0.3, 0.4) is 0 Å². The molecule has 1 fully saturated rings. The number of benzene rings is 1. The van der Waals surface area contributed by atoms with Crippen molar-refractivity contribution in [3.05, 3.63) is 23.3 Å². The second-order valence-corrected chi connectivity index (χ2v) is 4.09. The normalized spacial score (nSPS) is 20.2. The number of rotatable bonds is 2. The van der Waals surface area contributed by atoms with Crippen LogP contribution in [-0.2, 0) is 6.42 Å². The summed E-state index contributed by atoms with van der Waals surface area (Å²) in [4.78, 5) is 0. The van der Waals surface area contributed by atoms with Crippen molar-refractivity contribution < 1.29 is 19.0 Å². The average molecular weight is 229 g/mol. The summed E-state index contributed by atoms with van der Waals surface area (Å²) in [5, 5.41) is 21.5. The SMILES string of the molecule is Oc1c(F)cc(CC2CCNC2)c(O)c1F. The van der Waals surface area contributed by atoms with Gasteiger partial charge < -0.3 is 15.5 Å². The fourth-order valence-corrected chi connectivity index (χ4v) is 2.00. The highest BCUT2D eigenvalue weighted by Gasteiger charge is 2.21. The first kappa shape index (κ1) is 11.1. The number of phenolic OH excluding ortho intramolecular Hbond substituents is 2. The van der Waals surface area contributed by atoms with Crippen LogP contribution in [0, 0.1) is 17.6 Å². The molecule has 0 radical (unpaired) electrons. The Morgan fingerprint density at radius 1 is 1.31 bits per heavy atom. The first-order valence-electron chi connectivity index (χ1n) is 5.19. The van der Waals surface area contributed by atoms with Crippen molar-refractivity contribution in [1.29, 1.82) is 0 Å². The van der Waals surface area contributed by atoms with E-state index in [0.717, 1.165) is 25.6 Å². The minimum atomic E-state index is -1.28. The maximum Gasteiger partial charge on any atom is 0.209 e. The van der Waals surface area contributed by atoms with Gasteiger partial charge in [-0.3, -0.25) is 0 Å². The number of halogens is 2. The topological polar surface area (TPSA) is 52.5 Å². The van der Waals surface area contributed by atoms with Crippen LogP contribution in [0.2, 0.25) is 0 Å². The van der Waals surface area contributed by atoms with Crippen molar-refractivity contribution >= 4 is 0 Å². The summed E-state index contributed by atoms with van der Waals surface area (Å²) in [6.07, 6.45) is 1.33. The Balaban J connectivity index is 2.26. The van der Waals surface area contributed by atoms with E-state index in [2.05, 4.69) is 5.32 Å². The standard InChI is InChI=1S/C11H13F2NO2/c12-8-4-7(3-6-1-2-14-5-6)10(15)9(13)11(8)16/h4,6,14-16H,1-3,5H2. The molecule has 3 N–H and O–H groups in total. The zero-order valence-corrected chi connectivity index (χ0v) is 8.63. The Hall–Kier alpha value is -1.36. The molecule has 0 amide bonds. The Morgan fingerprint density at radius 2 is 2.06 bits per heavy atom. The molecule has 1 unspecified atom stereocenters. The molecular formula is C11H13F2NO2. The minimum absolute atomic E-state index is 0.210. The number of hydrogen-bond acceptors (Lipinski definition) is 3. The zero-order chi connectivity index (χ0) is 11.7. The van der Waals surface area contributed by atoms with Gasteiger partial charge in [0.25, 0.3) is 0 Å². The van der Waals surface area contributed by atoms with E-state index in [1.165, 1.54) is 0 Å². The highest BCUT2D eigenvalue weighted by molar-refractivity contribution is 5.42. The third kappa shape index (κ3) is 1.95. The highest BCUT2D eigenvalue weighted by Crippen LogP contribution is 2.33. The second kappa shape index (κ2) is 4.25. The molecule has 3 nitrogen and oxygen atoms in total. The van der Waals surface area contributed by atoms with Crippen molar-refractivity contribution in [3.8, 4) is 11.5 Å². The van der Waals surface area contributed by atoms with Gasteiger partial charge in [-0.25, -0.2) is 4.39 Å². The second-order valence-electron chi connectivity index (χ2n) is 4.09. The largest absolute Gasteiger partial charge is 0.505 e.